The number of carbonyl (C=O) groups excluding carboxylic acids is 1. The maximum atomic E-state index is 13.0. The molecule has 5 nitrogen and oxygen atoms in total. The van der Waals surface area contributed by atoms with Crippen molar-refractivity contribution in [1.29, 1.82) is 0 Å². The first-order valence-corrected chi connectivity index (χ1v) is 10.7. The van der Waals surface area contributed by atoms with Crippen molar-refractivity contribution in [2.24, 2.45) is 5.92 Å². The van der Waals surface area contributed by atoms with Gasteiger partial charge in [-0.2, -0.15) is 13.2 Å². The van der Waals surface area contributed by atoms with Crippen LogP contribution in [0.1, 0.15) is 56.5 Å². The standard InChI is InChI=1S/C24H29F3N2O3/c1-16-6-5-7-20(28-16)31-21(17-8-10-19(11-9-17)24(25,26)27)18-12-14-29(15-13-18)22(30)32-23(2,3)4/h5-11,18,21H,12-15H2,1-4H3/t21-/m0/s1. The van der Waals surface area contributed by atoms with Crippen LogP contribution in [-0.2, 0) is 10.9 Å². The number of likely N-dealkylation sites (tertiary alicyclic amines) is 1. The van der Waals surface area contributed by atoms with Gasteiger partial charge in [0.25, 0.3) is 0 Å². The van der Waals surface area contributed by atoms with Crippen molar-refractivity contribution in [3.05, 3.63) is 59.3 Å². The highest BCUT2D eigenvalue weighted by Gasteiger charge is 2.34. The second-order valence-corrected chi connectivity index (χ2v) is 9.08. The summed E-state index contributed by atoms with van der Waals surface area (Å²) in [5.74, 6) is 0.428. The van der Waals surface area contributed by atoms with Crippen LogP contribution in [0.4, 0.5) is 18.0 Å². The van der Waals surface area contributed by atoms with Crippen LogP contribution in [0.3, 0.4) is 0 Å². The van der Waals surface area contributed by atoms with Crippen LogP contribution in [-0.4, -0.2) is 34.7 Å². The zero-order chi connectivity index (χ0) is 23.5. The summed E-state index contributed by atoms with van der Waals surface area (Å²) in [7, 11) is 0. The van der Waals surface area contributed by atoms with E-state index >= 15 is 0 Å². The number of hydrogen-bond donors (Lipinski definition) is 0. The number of nitrogens with zero attached hydrogens (tertiary/aromatic N) is 2. The molecule has 32 heavy (non-hydrogen) atoms. The Morgan fingerprint density at radius 3 is 2.22 bits per heavy atom. The molecule has 1 saturated heterocycles. The Hall–Kier alpha value is -2.77. The van der Waals surface area contributed by atoms with Gasteiger partial charge in [-0.15, -0.1) is 0 Å². The number of carbonyl (C=O) groups is 1. The molecule has 2 aromatic rings. The van der Waals surface area contributed by atoms with Crippen LogP contribution in [0, 0.1) is 12.8 Å². The number of ether oxygens (including phenoxy) is 2. The molecule has 8 heteroatoms. The van der Waals surface area contributed by atoms with Crippen LogP contribution in [0.2, 0.25) is 0 Å². The van der Waals surface area contributed by atoms with Gasteiger partial charge < -0.3 is 14.4 Å². The summed E-state index contributed by atoms with van der Waals surface area (Å²) in [4.78, 5) is 18.4. The van der Waals surface area contributed by atoms with Crippen LogP contribution >= 0.6 is 0 Å². The van der Waals surface area contributed by atoms with E-state index in [0.717, 1.165) is 17.8 Å². The van der Waals surface area contributed by atoms with Crippen molar-refractivity contribution >= 4 is 6.09 Å². The van der Waals surface area contributed by atoms with E-state index < -0.39 is 23.4 Å². The maximum Gasteiger partial charge on any atom is 0.416 e. The first-order chi connectivity index (χ1) is 14.9. The lowest BCUT2D eigenvalue weighted by Gasteiger charge is -2.36. The number of amides is 1. The summed E-state index contributed by atoms with van der Waals surface area (Å²) in [5.41, 5.74) is 0.162. The number of benzene rings is 1. The number of rotatable bonds is 4. The summed E-state index contributed by atoms with van der Waals surface area (Å²) < 4.78 is 50.7. The molecule has 0 radical (unpaired) electrons. The molecule has 0 N–H and O–H groups in total. The van der Waals surface area contributed by atoms with Crippen molar-refractivity contribution in [1.82, 2.24) is 9.88 Å². The Morgan fingerprint density at radius 1 is 1.06 bits per heavy atom. The summed E-state index contributed by atoms with van der Waals surface area (Å²) in [5, 5.41) is 0. The zero-order valence-electron chi connectivity index (χ0n) is 18.8. The van der Waals surface area contributed by atoms with Crippen molar-refractivity contribution in [3.63, 3.8) is 0 Å². The number of pyridine rings is 1. The fourth-order valence-corrected chi connectivity index (χ4v) is 3.72. The van der Waals surface area contributed by atoms with Gasteiger partial charge in [-0.1, -0.05) is 18.2 Å². The fourth-order valence-electron chi connectivity index (χ4n) is 3.72. The molecule has 0 aliphatic carbocycles. The van der Waals surface area contributed by atoms with Gasteiger partial charge in [-0.25, -0.2) is 9.78 Å². The van der Waals surface area contributed by atoms with Gasteiger partial charge in [0, 0.05) is 30.8 Å². The zero-order valence-corrected chi connectivity index (χ0v) is 18.8. The highest BCUT2D eigenvalue weighted by Crippen LogP contribution is 2.36. The molecule has 1 aromatic heterocycles. The van der Waals surface area contributed by atoms with Crippen molar-refractivity contribution in [3.8, 4) is 5.88 Å². The summed E-state index contributed by atoms with van der Waals surface area (Å²) >= 11 is 0. The predicted octanol–water partition coefficient (Wildman–Crippen LogP) is 6.18. The van der Waals surface area contributed by atoms with Gasteiger partial charge in [0.15, 0.2) is 0 Å². The largest absolute Gasteiger partial charge is 0.469 e. The minimum absolute atomic E-state index is 0.00716. The van der Waals surface area contributed by atoms with Crippen LogP contribution in [0.15, 0.2) is 42.5 Å². The topological polar surface area (TPSA) is 51.7 Å². The summed E-state index contributed by atoms with van der Waals surface area (Å²) in [6.07, 6.45) is -3.96. The van der Waals surface area contributed by atoms with E-state index in [2.05, 4.69) is 4.98 Å². The first kappa shape index (κ1) is 23.9. The molecule has 0 bridgehead atoms. The molecule has 1 aromatic carbocycles. The van der Waals surface area contributed by atoms with E-state index in [1.54, 1.807) is 11.0 Å². The first-order valence-electron chi connectivity index (χ1n) is 10.7. The normalized spacial score (nSPS) is 16.5. The van der Waals surface area contributed by atoms with E-state index in [4.69, 9.17) is 9.47 Å². The van der Waals surface area contributed by atoms with Crippen LogP contribution < -0.4 is 4.74 Å². The SMILES string of the molecule is Cc1cccc(O[C@@H](c2ccc(C(F)(F)F)cc2)C2CCN(C(=O)OC(C)(C)C)CC2)n1. The van der Waals surface area contributed by atoms with Gasteiger partial charge in [0.05, 0.1) is 5.56 Å². The Labute approximate surface area is 186 Å². The van der Waals surface area contributed by atoms with Gasteiger partial charge in [-0.3, -0.25) is 0 Å². The predicted molar refractivity (Wildman–Crippen MR) is 114 cm³/mol. The third kappa shape index (κ3) is 6.37. The Bertz CT molecular complexity index is 915. The summed E-state index contributed by atoms with van der Waals surface area (Å²) in [6, 6.07) is 10.5. The van der Waals surface area contributed by atoms with Gasteiger partial charge >= 0.3 is 12.3 Å². The third-order valence-electron chi connectivity index (χ3n) is 5.30. The molecule has 3 rings (SSSR count). The number of hydrogen-bond acceptors (Lipinski definition) is 4. The molecule has 1 atom stereocenters. The number of piperidine rings is 1. The molecule has 1 aliphatic heterocycles. The van der Waals surface area contributed by atoms with Crippen LogP contribution in [0.5, 0.6) is 5.88 Å². The molecule has 0 unspecified atom stereocenters. The maximum absolute atomic E-state index is 13.0. The average Bonchev–Trinajstić information content (AvgIpc) is 2.70. The number of halogens is 3. The fraction of sp³-hybridized carbons (Fsp3) is 0.500. The average molecular weight is 451 g/mol. The molecule has 0 spiro atoms. The number of aryl methyl sites for hydroxylation is 1. The lowest BCUT2D eigenvalue weighted by Crippen LogP contribution is -2.43. The smallest absolute Gasteiger partial charge is 0.416 e. The quantitative estimate of drug-likeness (QED) is 0.559. The van der Waals surface area contributed by atoms with Crippen molar-refractivity contribution < 1.29 is 27.4 Å². The highest BCUT2D eigenvalue weighted by atomic mass is 19.4. The second-order valence-electron chi connectivity index (χ2n) is 9.08. The molecule has 2 heterocycles. The summed E-state index contributed by atoms with van der Waals surface area (Å²) in [6.45, 7) is 8.28. The van der Waals surface area contributed by atoms with E-state index in [9.17, 15) is 18.0 Å². The van der Waals surface area contributed by atoms with Gasteiger partial charge in [-0.05, 0) is 64.3 Å². The number of aromatic nitrogens is 1. The Balaban J connectivity index is 1.78. The van der Waals surface area contributed by atoms with E-state index in [1.807, 2.05) is 39.8 Å². The lowest BCUT2D eigenvalue weighted by molar-refractivity contribution is -0.137. The molecule has 0 saturated carbocycles. The highest BCUT2D eigenvalue weighted by molar-refractivity contribution is 5.68. The molecule has 174 valence electrons. The van der Waals surface area contributed by atoms with E-state index in [0.29, 0.717) is 37.4 Å². The second kappa shape index (κ2) is 9.38. The monoisotopic (exact) mass is 450 g/mol. The van der Waals surface area contributed by atoms with Crippen LogP contribution in [0.25, 0.3) is 0 Å². The molecule has 1 fully saturated rings. The molecule has 1 aliphatic rings. The van der Waals surface area contributed by atoms with Gasteiger partial charge in [0.1, 0.15) is 11.7 Å². The van der Waals surface area contributed by atoms with Crippen molar-refractivity contribution in [2.45, 2.75) is 58.4 Å². The Morgan fingerprint density at radius 2 is 1.69 bits per heavy atom. The minimum atomic E-state index is -4.40. The third-order valence-corrected chi connectivity index (χ3v) is 5.30. The lowest BCUT2D eigenvalue weighted by atomic mass is 9.87. The van der Waals surface area contributed by atoms with Gasteiger partial charge in [0.2, 0.25) is 5.88 Å². The minimum Gasteiger partial charge on any atom is -0.469 e. The van der Waals surface area contributed by atoms with E-state index in [1.165, 1.54) is 12.1 Å². The molecular weight excluding hydrogens is 421 g/mol. The number of alkyl halides is 3. The van der Waals surface area contributed by atoms with Crippen molar-refractivity contribution in [2.75, 3.05) is 13.1 Å². The molecular formula is C24H29F3N2O3. The van der Waals surface area contributed by atoms with E-state index in [-0.39, 0.29) is 12.0 Å². The molecule has 1 amide bonds. The Kier molecular flexibility index (Phi) is 7.00.